The minimum atomic E-state index is -0.726. The molecule has 6 nitrogen and oxygen atoms in total. The highest BCUT2D eigenvalue weighted by Gasteiger charge is 2.64. The van der Waals surface area contributed by atoms with E-state index in [1.165, 1.54) is 12.1 Å². The third-order valence-corrected chi connectivity index (χ3v) is 3.67. The van der Waals surface area contributed by atoms with Gasteiger partial charge in [0.15, 0.2) is 0 Å². The second kappa shape index (κ2) is 3.04. The molecule has 1 aliphatic heterocycles. The molecule has 1 aromatic rings. The molecule has 2 atom stereocenters. The van der Waals surface area contributed by atoms with Gasteiger partial charge >= 0.3 is 0 Å². The summed E-state index contributed by atoms with van der Waals surface area (Å²) in [6.45, 7) is -0.0739. The molecular formula is C11H10N2O4. The molecule has 1 heterocycles. The Balaban J connectivity index is 2.12. The Hall–Kier alpha value is -1.95. The maximum absolute atomic E-state index is 11.9. The molecule has 2 N–H and O–H groups in total. The van der Waals surface area contributed by atoms with Gasteiger partial charge in [-0.15, -0.1) is 0 Å². The molecule has 0 aromatic heterocycles. The number of aliphatic hydroxyl groups is 1. The standard InChI is InChI=1S/C11H10N2O4/c14-5-6-4-11(6)8-3-7(13(16)17)1-2-9(8)12-10(11)15/h1-3,6,14H,4-5H2,(H,12,15)/t6-,11-/m1/s1. The molecule has 6 heteroatoms. The van der Waals surface area contributed by atoms with Crippen molar-refractivity contribution in [2.24, 2.45) is 5.92 Å². The number of nitrogens with zero attached hydrogens (tertiary/aromatic N) is 1. The van der Waals surface area contributed by atoms with E-state index in [2.05, 4.69) is 5.32 Å². The molecule has 0 bridgehead atoms. The second-order valence-electron chi connectivity index (χ2n) is 4.50. The van der Waals surface area contributed by atoms with Crippen LogP contribution in [-0.4, -0.2) is 22.5 Å². The van der Waals surface area contributed by atoms with Crippen LogP contribution in [0.3, 0.4) is 0 Å². The number of fused-ring (bicyclic) bond motifs is 2. The van der Waals surface area contributed by atoms with Crippen LogP contribution in [0.4, 0.5) is 11.4 Å². The van der Waals surface area contributed by atoms with Crippen molar-refractivity contribution in [3.05, 3.63) is 33.9 Å². The largest absolute Gasteiger partial charge is 0.396 e. The molecule has 1 saturated carbocycles. The van der Waals surface area contributed by atoms with Crippen molar-refractivity contribution in [1.82, 2.24) is 0 Å². The highest BCUT2D eigenvalue weighted by molar-refractivity contribution is 6.09. The first-order chi connectivity index (χ1) is 8.09. The lowest BCUT2D eigenvalue weighted by atomic mass is 9.94. The molecule has 0 radical (unpaired) electrons. The summed E-state index contributed by atoms with van der Waals surface area (Å²) in [6.07, 6.45) is 0.559. The van der Waals surface area contributed by atoms with Gasteiger partial charge in [-0.2, -0.15) is 0 Å². The summed E-state index contributed by atoms with van der Waals surface area (Å²) in [5.41, 5.74) is 0.520. The number of nitrogens with one attached hydrogen (secondary N) is 1. The third kappa shape index (κ3) is 1.15. The Morgan fingerprint density at radius 3 is 2.94 bits per heavy atom. The van der Waals surface area contributed by atoms with Gasteiger partial charge in [-0.25, -0.2) is 0 Å². The van der Waals surface area contributed by atoms with Crippen LogP contribution in [-0.2, 0) is 10.2 Å². The van der Waals surface area contributed by atoms with E-state index in [0.717, 1.165) is 0 Å². The lowest BCUT2D eigenvalue weighted by molar-refractivity contribution is -0.384. The Labute approximate surface area is 96.4 Å². The number of aliphatic hydroxyl groups excluding tert-OH is 1. The molecular weight excluding hydrogens is 224 g/mol. The van der Waals surface area contributed by atoms with Crippen LogP contribution in [0.2, 0.25) is 0 Å². The maximum Gasteiger partial charge on any atom is 0.269 e. The minimum absolute atomic E-state index is 0.0248. The molecule has 1 spiro atoms. The molecule has 88 valence electrons. The summed E-state index contributed by atoms with van der Waals surface area (Å²) in [6, 6.07) is 4.35. The van der Waals surface area contributed by atoms with E-state index in [-0.39, 0.29) is 24.1 Å². The van der Waals surface area contributed by atoms with Crippen molar-refractivity contribution < 1.29 is 14.8 Å². The first kappa shape index (κ1) is 10.2. The van der Waals surface area contributed by atoms with Crippen LogP contribution >= 0.6 is 0 Å². The summed E-state index contributed by atoms with van der Waals surface area (Å²) in [7, 11) is 0. The summed E-state index contributed by atoms with van der Waals surface area (Å²) in [4.78, 5) is 22.1. The van der Waals surface area contributed by atoms with Gasteiger partial charge in [-0.3, -0.25) is 14.9 Å². The van der Waals surface area contributed by atoms with Crippen LogP contribution in [0.5, 0.6) is 0 Å². The highest BCUT2D eigenvalue weighted by atomic mass is 16.6. The average molecular weight is 234 g/mol. The molecule has 1 aromatic carbocycles. The SMILES string of the molecule is O=C1Nc2ccc([N+](=O)[O-])cc2[C@]12C[C@@H]2CO. The van der Waals surface area contributed by atoms with E-state index in [1.54, 1.807) is 6.07 Å². The Morgan fingerprint density at radius 2 is 2.35 bits per heavy atom. The number of nitro groups is 1. The van der Waals surface area contributed by atoms with Crippen molar-refractivity contribution in [2.75, 3.05) is 11.9 Å². The van der Waals surface area contributed by atoms with Crippen LogP contribution in [0.15, 0.2) is 18.2 Å². The van der Waals surface area contributed by atoms with E-state index in [0.29, 0.717) is 17.7 Å². The summed E-state index contributed by atoms with van der Waals surface area (Å²) < 4.78 is 0. The number of carbonyl (C=O) groups is 1. The molecule has 3 rings (SSSR count). The fourth-order valence-corrected chi connectivity index (χ4v) is 2.64. The second-order valence-corrected chi connectivity index (χ2v) is 4.50. The van der Waals surface area contributed by atoms with E-state index in [4.69, 9.17) is 5.11 Å². The zero-order valence-corrected chi connectivity index (χ0v) is 8.84. The number of amides is 1. The van der Waals surface area contributed by atoms with Crippen molar-refractivity contribution in [3.63, 3.8) is 0 Å². The topological polar surface area (TPSA) is 92.5 Å². The smallest absolute Gasteiger partial charge is 0.269 e. The number of hydrogen-bond acceptors (Lipinski definition) is 4. The fraction of sp³-hybridized carbons (Fsp3) is 0.364. The van der Waals surface area contributed by atoms with E-state index in [1.807, 2.05) is 0 Å². The van der Waals surface area contributed by atoms with Crippen molar-refractivity contribution in [2.45, 2.75) is 11.8 Å². The summed E-state index contributed by atoms with van der Waals surface area (Å²) in [5, 5.41) is 22.6. The van der Waals surface area contributed by atoms with Gasteiger partial charge < -0.3 is 10.4 Å². The summed E-state index contributed by atoms with van der Waals surface area (Å²) >= 11 is 0. The molecule has 1 aliphatic carbocycles. The molecule has 0 saturated heterocycles. The molecule has 2 aliphatic rings. The summed E-state index contributed by atoms with van der Waals surface area (Å²) in [5.74, 6) is -0.280. The van der Waals surface area contributed by atoms with Gasteiger partial charge in [0, 0.05) is 30.3 Å². The quantitative estimate of drug-likeness (QED) is 0.584. The number of rotatable bonds is 2. The van der Waals surface area contributed by atoms with Crippen LogP contribution in [0.25, 0.3) is 0 Å². The lowest BCUT2D eigenvalue weighted by Crippen LogP contribution is -2.22. The molecule has 0 unspecified atom stereocenters. The van der Waals surface area contributed by atoms with E-state index < -0.39 is 10.3 Å². The fourth-order valence-electron chi connectivity index (χ4n) is 2.64. The number of carbonyl (C=O) groups excluding carboxylic acids is 1. The van der Waals surface area contributed by atoms with Gasteiger partial charge in [0.05, 0.1) is 10.3 Å². The van der Waals surface area contributed by atoms with Gasteiger partial charge in [0.2, 0.25) is 5.91 Å². The van der Waals surface area contributed by atoms with Gasteiger partial charge in [-0.1, -0.05) is 0 Å². The zero-order valence-electron chi connectivity index (χ0n) is 8.84. The first-order valence-electron chi connectivity index (χ1n) is 5.31. The highest BCUT2D eigenvalue weighted by Crippen LogP contribution is 2.60. The number of nitro benzene ring substituents is 1. The number of anilines is 1. The lowest BCUT2D eigenvalue weighted by Gasteiger charge is -2.06. The number of hydrogen-bond donors (Lipinski definition) is 2. The Bertz CT molecular complexity index is 542. The van der Waals surface area contributed by atoms with E-state index in [9.17, 15) is 14.9 Å². The van der Waals surface area contributed by atoms with Crippen molar-refractivity contribution in [1.29, 1.82) is 0 Å². The number of non-ortho nitro benzene ring substituents is 1. The van der Waals surface area contributed by atoms with Gasteiger partial charge in [0.1, 0.15) is 0 Å². The van der Waals surface area contributed by atoms with Crippen LogP contribution in [0.1, 0.15) is 12.0 Å². The first-order valence-corrected chi connectivity index (χ1v) is 5.31. The predicted octanol–water partition coefficient (Wildman–Crippen LogP) is 0.797. The minimum Gasteiger partial charge on any atom is -0.396 e. The van der Waals surface area contributed by atoms with E-state index >= 15 is 0 Å². The zero-order chi connectivity index (χ0) is 12.2. The van der Waals surface area contributed by atoms with Crippen LogP contribution < -0.4 is 5.32 Å². The Morgan fingerprint density at radius 1 is 1.59 bits per heavy atom. The third-order valence-electron chi connectivity index (χ3n) is 3.67. The molecule has 1 fully saturated rings. The Kier molecular flexibility index (Phi) is 1.83. The average Bonchev–Trinajstić information content (AvgIpc) is 2.97. The predicted molar refractivity (Wildman–Crippen MR) is 58.6 cm³/mol. The van der Waals surface area contributed by atoms with Gasteiger partial charge in [0.25, 0.3) is 5.69 Å². The molecule has 17 heavy (non-hydrogen) atoms. The maximum atomic E-state index is 11.9. The normalized spacial score (nSPS) is 29.0. The van der Waals surface area contributed by atoms with Crippen LogP contribution in [0, 0.1) is 16.0 Å². The van der Waals surface area contributed by atoms with Gasteiger partial charge in [-0.05, 0) is 18.1 Å². The van der Waals surface area contributed by atoms with Crippen molar-refractivity contribution in [3.8, 4) is 0 Å². The number of benzene rings is 1. The van der Waals surface area contributed by atoms with Crippen molar-refractivity contribution >= 4 is 17.3 Å². The monoisotopic (exact) mass is 234 g/mol. The molecule has 1 amide bonds.